The number of esters is 1. The number of carbonyl (C=O) groups is 2. The summed E-state index contributed by atoms with van der Waals surface area (Å²) < 4.78 is 5.19. The molecule has 0 aliphatic rings. The van der Waals surface area contributed by atoms with Crippen LogP contribution in [0.4, 0.5) is 5.69 Å². The number of amides is 1. The van der Waals surface area contributed by atoms with Crippen LogP contribution in [0.1, 0.15) is 44.0 Å². The molecule has 1 amide bonds. The van der Waals surface area contributed by atoms with Gasteiger partial charge in [-0.2, -0.15) is 0 Å². The van der Waals surface area contributed by atoms with Gasteiger partial charge in [-0.15, -0.1) is 0 Å². The van der Waals surface area contributed by atoms with Crippen LogP contribution in [0.15, 0.2) is 24.4 Å². The van der Waals surface area contributed by atoms with E-state index >= 15 is 0 Å². The van der Waals surface area contributed by atoms with Crippen LogP contribution in [-0.4, -0.2) is 55.0 Å². The minimum Gasteiger partial charge on any atom is -0.462 e. The average Bonchev–Trinajstić information content (AvgIpc) is 2.66. The summed E-state index contributed by atoms with van der Waals surface area (Å²) in [6, 6.07) is 5.31. The molecule has 0 spiro atoms. The van der Waals surface area contributed by atoms with Gasteiger partial charge in [0.15, 0.2) is 0 Å². The van der Waals surface area contributed by atoms with Crippen molar-refractivity contribution < 1.29 is 14.3 Å². The molecule has 0 unspecified atom stereocenters. The predicted octanol–water partition coefficient (Wildman–Crippen LogP) is 4.15. The highest BCUT2D eigenvalue weighted by Gasteiger charge is 2.22. The molecule has 0 atom stereocenters. The lowest BCUT2D eigenvalue weighted by molar-refractivity contribution is -0.129. The van der Waals surface area contributed by atoms with E-state index in [4.69, 9.17) is 16.3 Å². The van der Waals surface area contributed by atoms with Gasteiger partial charge in [0.05, 0.1) is 24.4 Å². The second kappa shape index (κ2) is 10.3. The maximum Gasteiger partial charge on any atom is 0.341 e. The molecule has 0 aliphatic heterocycles. The summed E-state index contributed by atoms with van der Waals surface area (Å²) in [5.74, 6) is -0.446. The highest BCUT2D eigenvalue weighted by molar-refractivity contribution is 6.31. The Morgan fingerprint density at radius 2 is 1.82 bits per heavy atom. The molecule has 0 radical (unpaired) electrons. The van der Waals surface area contributed by atoms with Crippen LogP contribution in [0.5, 0.6) is 0 Å². The zero-order chi connectivity index (χ0) is 20.7. The molecule has 1 heterocycles. The van der Waals surface area contributed by atoms with Gasteiger partial charge in [-0.05, 0) is 38.0 Å². The standard InChI is InChI=1S/C21H28ClN3O3/c1-5-10-25(11-6-2)19(26)14-24(4)20-16-12-15(22)8-9-18(16)23-13-17(20)21(27)28-7-3/h8-9,12-13H,5-7,10-11,14H2,1-4H3. The number of anilines is 1. The van der Waals surface area contributed by atoms with Gasteiger partial charge < -0.3 is 14.5 Å². The van der Waals surface area contributed by atoms with Crippen molar-refractivity contribution in [3.05, 3.63) is 35.0 Å². The van der Waals surface area contributed by atoms with Crippen molar-refractivity contribution in [1.82, 2.24) is 9.88 Å². The highest BCUT2D eigenvalue weighted by atomic mass is 35.5. The third-order valence-electron chi connectivity index (χ3n) is 4.39. The smallest absolute Gasteiger partial charge is 0.341 e. The number of benzene rings is 1. The summed E-state index contributed by atoms with van der Waals surface area (Å²) >= 11 is 6.19. The molecular formula is C21H28ClN3O3. The summed E-state index contributed by atoms with van der Waals surface area (Å²) in [6.07, 6.45) is 3.30. The molecule has 28 heavy (non-hydrogen) atoms. The van der Waals surface area contributed by atoms with Gasteiger partial charge in [-0.25, -0.2) is 4.79 Å². The number of fused-ring (bicyclic) bond motifs is 1. The second-order valence-corrected chi connectivity index (χ2v) is 7.08. The van der Waals surface area contributed by atoms with E-state index in [2.05, 4.69) is 18.8 Å². The molecule has 0 fully saturated rings. The molecule has 152 valence electrons. The number of carbonyl (C=O) groups excluding carboxylic acids is 2. The summed E-state index contributed by atoms with van der Waals surface area (Å²) in [5.41, 5.74) is 1.63. The lowest BCUT2D eigenvalue weighted by atomic mass is 10.1. The number of halogens is 1. The number of nitrogens with zero attached hydrogens (tertiary/aromatic N) is 3. The number of pyridine rings is 1. The Morgan fingerprint density at radius 3 is 2.43 bits per heavy atom. The topological polar surface area (TPSA) is 62.7 Å². The lowest BCUT2D eigenvalue weighted by Crippen LogP contribution is -2.40. The van der Waals surface area contributed by atoms with Crippen molar-refractivity contribution in [1.29, 1.82) is 0 Å². The van der Waals surface area contributed by atoms with Crippen molar-refractivity contribution in [3.8, 4) is 0 Å². The van der Waals surface area contributed by atoms with Crippen molar-refractivity contribution in [3.63, 3.8) is 0 Å². The van der Waals surface area contributed by atoms with E-state index in [1.54, 1.807) is 37.1 Å². The van der Waals surface area contributed by atoms with E-state index in [0.717, 1.165) is 12.8 Å². The third kappa shape index (κ3) is 5.13. The van der Waals surface area contributed by atoms with E-state index in [1.807, 2.05) is 4.90 Å². The van der Waals surface area contributed by atoms with Gasteiger partial charge in [0.1, 0.15) is 5.56 Å². The zero-order valence-corrected chi connectivity index (χ0v) is 17.8. The van der Waals surface area contributed by atoms with Gasteiger partial charge >= 0.3 is 5.97 Å². The maximum atomic E-state index is 12.8. The Kier molecular flexibility index (Phi) is 8.05. The first-order valence-corrected chi connectivity index (χ1v) is 10.0. The van der Waals surface area contributed by atoms with Gasteiger partial charge in [0.25, 0.3) is 0 Å². The normalized spacial score (nSPS) is 10.8. The van der Waals surface area contributed by atoms with E-state index < -0.39 is 5.97 Å². The molecular weight excluding hydrogens is 378 g/mol. The van der Waals surface area contributed by atoms with Crippen LogP contribution in [0.3, 0.4) is 0 Å². The SMILES string of the molecule is CCCN(CCC)C(=O)CN(C)c1c(C(=O)OCC)cnc2ccc(Cl)cc12. The number of hydrogen-bond acceptors (Lipinski definition) is 5. The van der Waals surface area contributed by atoms with Gasteiger partial charge in [0.2, 0.25) is 5.91 Å². The largest absolute Gasteiger partial charge is 0.462 e. The third-order valence-corrected chi connectivity index (χ3v) is 4.63. The minimum absolute atomic E-state index is 0.0213. The lowest BCUT2D eigenvalue weighted by Gasteiger charge is -2.27. The van der Waals surface area contributed by atoms with Crippen LogP contribution >= 0.6 is 11.6 Å². The first-order valence-electron chi connectivity index (χ1n) is 9.67. The van der Waals surface area contributed by atoms with Crippen molar-refractivity contribution in [2.24, 2.45) is 0 Å². The monoisotopic (exact) mass is 405 g/mol. The average molecular weight is 406 g/mol. The van der Waals surface area contributed by atoms with Crippen molar-refractivity contribution >= 4 is 40.1 Å². The molecule has 1 aromatic carbocycles. The summed E-state index contributed by atoms with van der Waals surface area (Å²) in [7, 11) is 1.80. The Bertz CT molecular complexity index is 835. The van der Waals surface area contributed by atoms with Gasteiger partial charge in [-0.3, -0.25) is 9.78 Å². The quantitative estimate of drug-likeness (QED) is 0.586. The summed E-state index contributed by atoms with van der Waals surface area (Å²) in [4.78, 5) is 33.4. The first kappa shape index (κ1) is 22.0. The molecule has 1 aromatic heterocycles. The van der Waals surface area contributed by atoms with Gasteiger partial charge in [0, 0.05) is 36.7 Å². The first-order chi connectivity index (χ1) is 13.4. The predicted molar refractivity (Wildman–Crippen MR) is 113 cm³/mol. The van der Waals surface area contributed by atoms with E-state index in [-0.39, 0.29) is 19.1 Å². The van der Waals surface area contributed by atoms with Crippen LogP contribution in [-0.2, 0) is 9.53 Å². The fraction of sp³-hybridized carbons (Fsp3) is 0.476. The summed E-state index contributed by atoms with van der Waals surface area (Å²) in [6.45, 7) is 7.70. The Morgan fingerprint density at radius 1 is 1.14 bits per heavy atom. The molecule has 7 heteroatoms. The van der Waals surface area contributed by atoms with Crippen LogP contribution in [0, 0.1) is 0 Å². The zero-order valence-electron chi connectivity index (χ0n) is 17.0. The van der Waals surface area contributed by atoms with Crippen LogP contribution < -0.4 is 4.90 Å². The Hall–Kier alpha value is -2.34. The number of likely N-dealkylation sites (N-methyl/N-ethyl adjacent to an activating group) is 1. The fourth-order valence-electron chi connectivity index (χ4n) is 3.20. The van der Waals surface area contributed by atoms with Crippen molar-refractivity contribution in [2.45, 2.75) is 33.6 Å². The number of hydrogen-bond donors (Lipinski definition) is 0. The Balaban J connectivity index is 2.46. The molecule has 0 N–H and O–H groups in total. The fourth-order valence-corrected chi connectivity index (χ4v) is 3.38. The summed E-state index contributed by atoms with van der Waals surface area (Å²) in [5, 5.41) is 1.25. The molecule has 0 aliphatic carbocycles. The molecule has 6 nitrogen and oxygen atoms in total. The molecule has 0 saturated carbocycles. The molecule has 2 rings (SSSR count). The Labute approximate surface area is 171 Å². The highest BCUT2D eigenvalue weighted by Crippen LogP contribution is 2.31. The van der Waals surface area contributed by atoms with E-state index in [0.29, 0.717) is 40.3 Å². The van der Waals surface area contributed by atoms with Crippen LogP contribution in [0.25, 0.3) is 10.9 Å². The molecule has 0 saturated heterocycles. The maximum absolute atomic E-state index is 12.8. The van der Waals surface area contributed by atoms with E-state index in [1.165, 1.54) is 6.20 Å². The van der Waals surface area contributed by atoms with Crippen LogP contribution in [0.2, 0.25) is 5.02 Å². The molecule has 2 aromatic rings. The number of aromatic nitrogens is 1. The minimum atomic E-state index is -0.467. The van der Waals surface area contributed by atoms with Gasteiger partial charge in [-0.1, -0.05) is 25.4 Å². The number of ether oxygens (including phenoxy) is 1. The van der Waals surface area contributed by atoms with Crippen molar-refractivity contribution in [2.75, 3.05) is 38.2 Å². The second-order valence-electron chi connectivity index (χ2n) is 6.64. The van der Waals surface area contributed by atoms with E-state index in [9.17, 15) is 9.59 Å². The molecule has 0 bridgehead atoms. The number of rotatable bonds is 9.